The molecular weight excluding hydrogens is 755 g/mol. The van der Waals surface area contributed by atoms with Gasteiger partial charge in [-0.25, -0.2) is 0 Å². The smallest absolute Gasteiger partial charge is 0.0680 e. The number of anilines is 1. The van der Waals surface area contributed by atoms with Crippen molar-refractivity contribution in [1.29, 1.82) is 0 Å². The van der Waals surface area contributed by atoms with Gasteiger partial charge in [0.05, 0.1) is 5.41 Å². The summed E-state index contributed by atoms with van der Waals surface area (Å²) in [6.07, 6.45) is 20.6. The van der Waals surface area contributed by atoms with Gasteiger partial charge in [0, 0.05) is 38.3 Å². The van der Waals surface area contributed by atoms with Crippen molar-refractivity contribution in [3.63, 3.8) is 0 Å². The van der Waals surface area contributed by atoms with Gasteiger partial charge in [0.2, 0.25) is 0 Å². The van der Waals surface area contributed by atoms with Crippen LogP contribution in [0, 0.1) is 13.8 Å². The van der Waals surface area contributed by atoms with Crippen LogP contribution >= 0.6 is 11.3 Å². The van der Waals surface area contributed by atoms with Crippen molar-refractivity contribution < 1.29 is 0 Å². The van der Waals surface area contributed by atoms with Crippen LogP contribution in [-0.4, -0.2) is 0 Å². The Kier molecular flexibility index (Phi) is 12.0. The van der Waals surface area contributed by atoms with Gasteiger partial charge in [-0.05, 0) is 130 Å². The number of aryl methyl sites for hydroxylation is 2. The first-order chi connectivity index (χ1) is 29.8. The zero-order valence-electron chi connectivity index (χ0n) is 36.0. The van der Waals surface area contributed by atoms with Gasteiger partial charge in [-0.15, -0.1) is 11.3 Å². The number of rotatable bonds is 4. The highest BCUT2D eigenvalue weighted by Gasteiger charge is 2.47. The zero-order chi connectivity index (χ0) is 42.5. The lowest BCUT2D eigenvalue weighted by molar-refractivity contribution is 0.731. The Labute approximate surface area is 366 Å². The van der Waals surface area contributed by atoms with Crippen molar-refractivity contribution in [3.8, 4) is 11.1 Å². The van der Waals surface area contributed by atoms with Gasteiger partial charge in [0.1, 0.15) is 0 Å². The molecule has 2 aliphatic carbocycles. The van der Waals surface area contributed by atoms with Gasteiger partial charge >= 0.3 is 0 Å². The van der Waals surface area contributed by atoms with Crippen molar-refractivity contribution in [2.24, 2.45) is 0 Å². The molecule has 0 fully saturated rings. The molecule has 1 aliphatic heterocycles. The van der Waals surface area contributed by atoms with E-state index in [2.05, 4.69) is 209 Å². The van der Waals surface area contributed by atoms with E-state index in [0.717, 1.165) is 34.4 Å². The van der Waals surface area contributed by atoms with Crippen molar-refractivity contribution in [2.75, 3.05) is 4.90 Å². The number of fused-ring (bicyclic) bond motifs is 6. The molecule has 1 aromatic heterocycles. The minimum atomic E-state index is -0.389. The van der Waals surface area contributed by atoms with Crippen molar-refractivity contribution in [2.45, 2.75) is 46.5 Å². The summed E-state index contributed by atoms with van der Waals surface area (Å²) >= 11 is 1.86. The maximum atomic E-state index is 4.46. The van der Waals surface area contributed by atoms with Crippen LogP contribution in [0.4, 0.5) is 5.69 Å². The summed E-state index contributed by atoms with van der Waals surface area (Å²) in [5.41, 5.74) is 16.6. The summed E-state index contributed by atoms with van der Waals surface area (Å²) in [5, 5.41) is 2.64. The molecule has 0 saturated carbocycles. The summed E-state index contributed by atoms with van der Waals surface area (Å²) in [4.78, 5) is 2.28. The van der Waals surface area contributed by atoms with Gasteiger partial charge in [-0.2, -0.15) is 0 Å². The van der Waals surface area contributed by atoms with Crippen LogP contribution in [0.3, 0.4) is 0 Å². The number of hydrogen-bond acceptors (Lipinski definition) is 2. The molecule has 2 heteroatoms. The van der Waals surface area contributed by atoms with E-state index in [1.54, 1.807) is 0 Å². The molecule has 0 spiro atoms. The molecule has 3 aliphatic rings. The molecular formula is C59H53NS. The Bertz CT molecular complexity index is 2960. The molecule has 7 aromatic rings. The lowest BCUT2D eigenvalue weighted by atomic mass is 9.67. The summed E-state index contributed by atoms with van der Waals surface area (Å²) < 4.78 is 2.63. The van der Waals surface area contributed by atoms with Gasteiger partial charge in [0.15, 0.2) is 0 Å². The van der Waals surface area contributed by atoms with E-state index in [9.17, 15) is 0 Å². The number of nitrogens with zero attached hydrogens (tertiary/aromatic N) is 1. The monoisotopic (exact) mass is 807 g/mol. The molecule has 1 unspecified atom stereocenters. The predicted octanol–water partition coefficient (Wildman–Crippen LogP) is 16.6. The van der Waals surface area contributed by atoms with E-state index in [4.69, 9.17) is 0 Å². The topological polar surface area (TPSA) is 3.24 Å². The SMILES string of the molecule is C=C1/C=C\C=C/N(c2ccc3c(c2)C(C2=CC=CC2)(c2ccccc2)c2ccccc2-3)/C=C(C)\C(c2ccc3sc4ccccc4c3c2C)=C/C1=C.CC.Cc1ccccc1. The fourth-order valence-electron chi connectivity index (χ4n) is 9.07. The second-order valence-corrected chi connectivity index (χ2v) is 16.7. The van der Waals surface area contributed by atoms with Gasteiger partial charge in [0.25, 0.3) is 0 Å². The lowest BCUT2D eigenvalue weighted by Gasteiger charge is -2.35. The third kappa shape index (κ3) is 7.65. The van der Waals surface area contributed by atoms with Crippen molar-refractivity contribution in [3.05, 3.63) is 263 Å². The minimum Gasteiger partial charge on any atom is -0.324 e. The maximum Gasteiger partial charge on any atom is 0.0680 e. The molecule has 0 N–H and O–H groups in total. The standard InChI is InChI=1S/C50H39NS.C7H8.C2H6/c1-33-16-14-15-29-51(32-35(3)44(30-34(33)2)40-27-28-48-49(36(40)4)43-22-11-13-24-47(43)52-48)39-25-26-42-41-21-10-12-23-45(41)50(46(42)31-39,38-19-8-9-20-38)37-17-6-5-7-18-37;1-7-5-3-2-4-6-7;1-2/h5-19,21-32H,1-2,20H2,3-4H3;2-6H,1H3;1-2H3/b16-14-,29-15-,35-32-,44-30+;;. The molecule has 0 bridgehead atoms. The Morgan fingerprint density at radius 2 is 1.31 bits per heavy atom. The van der Waals surface area contributed by atoms with Crippen LogP contribution in [0.2, 0.25) is 0 Å². The molecule has 0 radical (unpaired) electrons. The van der Waals surface area contributed by atoms with Crippen LogP contribution in [0.5, 0.6) is 0 Å². The molecule has 0 amide bonds. The Hall–Kier alpha value is -6.74. The van der Waals surface area contributed by atoms with Crippen molar-refractivity contribution >= 4 is 42.8 Å². The highest BCUT2D eigenvalue weighted by Crippen LogP contribution is 2.58. The van der Waals surface area contributed by atoms with Gasteiger partial charge < -0.3 is 4.90 Å². The molecule has 2 heterocycles. The molecule has 61 heavy (non-hydrogen) atoms. The molecule has 10 rings (SSSR count). The number of thiophene rings is 1. The maximum absolute atomic E-state index is 4.46. The number of allylic oxidation sites excluding steroid dienone is 12. The normalized spacial score (nSPS) is 19.5. The Balaban J connectivity index is 0.000000515. The number of hydrogen-bond donors (Lipinski definition) is 0. The number of benzene rings is 6. The zero-order valence-corrected chi connectivity index (χ0v) is 36.8. The summed E-state index contributed by atoms with van der Waals surface area (Å²) in [5.74, 6) is 0. The Morgan fingerprint density at radius 1 is 0.623 bits per heavy atom. The average molecular weight is 808 g/mol. The van der Waals surface area contributed by atoms with Crippen LogP contribution in [0.25, 0.3) is 36.9 Å². The van der Waals surface area contributed by atoms with E-state index in [1.165, 1.54) is 70.3 Å². The quantitative estimate of drug-likeness (QED) is 0.171. The highest BCUT2D eigenvalue weighted by molar-refractivity contribution is 7.25. The second kappa shape index (κ2) is 17.9. The predicted molar refractivity (Wildman–Crippen MR) is 267 cm³/mol. The molecule has 300 valence electrons. The van der Waals surface area contributed by atoms with Crippen LogP contribution in [0.1, 0.15) is 60.6 Å². The highest BCUT2D eigenvalue weighted by atomic mass is 32.1. The fourth-order valence-corrected chi connectivity index (χ4v) is 10.2. The molecule has 1 nitrogen and oxygen atoms in total. The van der Waals surface area contributed by atoms with E-state index in [-0.39, 0.29) is 5.41 Å². The van der Waals surface area contributed by atoms with Gasteiger partial charge in [-0.1, -0.05) is 178 Å². The largest absolute Gasteiger partial charge is 0.324 e. The summed E-state index contributed by atoms with van der Waals surface area (Å²) in [6, 6.07) is 50.6. The van der Waals surface area contributed by atoms with Crippen LogP contribution < -0.4 is 4.90 Å². The molecule has 0 saturated heterocycles. The summed E-state index contributed by atoms with van der Waals surface area (Å²) in [7, 11) is 0. The first-order valence-corrected chi connectivity index (χ1v) is 22.2. The minimum absolute atomic E-state index is 0.389. The lowest BCUT2D eigenvalue weighted by Crippen LogP contribution is -2.29. The van der Waals surface area contributed by atoms with Gasteiger partial charge in [-0.3, -0.25) is 0 Å². The fraction of sp³-hybridized carbons (Fsp3) is 0.119. The van der Waals surface area contributed by atoms with Crippen molar-refractivity contribution in [1.82, 2.24) is 0 Å². The first kappa shape index (κ1) is 41.0. The third-order valence-electron chi connectivity index (χ3n) is 12.0. The van der Waals surface area contributed by atoms with E-state index < -0.39 is 0 Å². The van der Waals surface area contributed by atoms with E-state index in [0.29, 0.717) is 0 Å². The average Bonchev–Trinajstić information content (AvgIpc) is 4.04. The molecule has 6 aromatic carbocycles. The van der Waals surface area contributed by atoms with E-state index in [1.807, 2.05) is 49.5 Å². The Morgan fingerprint density at radius 3 is 2.05 bits per heavy atom. The summed E-state index contributed by atoms with van der Waals surface area (Å²) in [6.45, 7) is 19.4. The van der Waals surface area contributed by atoms with Crippen LogP contribution in [0.15, 0.2) is 230 Å². The molecule has 1 atom stereocenters. The third-order valence-corrected chi connectivity index (χ3v) is 13.1. The van der Waals surface area contributed by atoms with E-state index >= 15 is 0 Å². The first-order valence-electron chi connectivity index (χ1n) is 21.4. The van der Waals surface area contributed by atoms with Crippen LogP contribution in [-0.2, 0) is 5.41 Å². The second-order valence-electron chi connectivity index (χ2n) is 15.6.